The predicted molar refractivity (Wildman–Crippen MR) is 270 cm³/mol. The maximum Gasteiger partial charge on any atom is 0.407 e. The Labute approximate surface area is 395 Å². The smallest absolute Gasteiger partial charge is 0.407 e. The number of fused-ring (bicyclic) bond motifs is 3. The van der Waals surface area contributed by atoms with E-state index in [1.807, 2.05) is 36.4 Å². The van der Waals surface area contributed by atoms with E-state index in [0.29, 0.717) is 17.3 Å². The summed E-state index contributed by atoms with van der Waals surface area (Å²) in [6.45, 7) is 3.67. The van der Waals surface area contributed by atoms with E-state index in [9.17, 15) is 9.59 Å². The van der Waals surface area contributed by atoms with Crippen LogP contribution in [0.3, 0.4) is 0 Å². The lowest BCUT2D eigenvalue weighted by molar-refractivity contribution is -0.137. The summed E-state index contributed by atoms with van der Waals surface area (Å²) in [7, 11) is 0. The van der Waals surface area contributed by atoms with Gasteiger partial charge in [-0.25, -0.2) is 24.5 Å². The van der Waals surface area contributed by atoms with Crippen molar-refractivity contribution in [3.8, 4) is 31.7 Å². The first-order chi connectivity index (χ1) is 31.4. The van der Waals surface area contributed by atoms with Gasteiger partial charge in [0.15, 0.2) is 0 Å². The molecule has 0 aliphatic heterocycles. The van der Waals surface area contributed by atoms with Crippen LogP contribution in [0.4, 0.5) is 4.79 Å². The van der Waals surface area contributed by atoms with Gasteiger partial charge in [-0.15, -0.1) is 69.3 Å². The van der Waals surface area contributed by atoms with E-state index in [2.05, 4.69) is 121 Å². The second-order valence-electron chi connectivity index (χ2n) is 14.7. The Hall–Kier alpha value is -5.48. The zero-order valence-electron chi connectivity index (χ0n) is 34.3. The van der Waals surface area contributed by atoms with Crippen LogP contribution in [0.5, 0.6) is 0 Å². The highest BCUT2D eigenvalue weighted by atomic mass is 32.2. The highest BCUT2D eigenvalue weighted by Gasteiger charge is 2.35. The fraction of sp³-hybridized carbons (Fsp3) is 0.140. The van der Waals surface area contributed by atoms with E-state index in [4.69, 9.17) is 24.4 Å². The van der Waals surface area contributed by atoms with E-state index >= 15 is 0 Å². The summed E-state index contributed by atoms with van der Waals surface area (Å²) in [6, 6.07) is 49.9. The SMILES string of the molecule is C=CC(=O)OCCNC(=O)OCC(CSc1ccccc1-c1nc2ccccc2s1)(CSc1ccccc1-c1nc2ccccc2s1)CSc1ccccc1-c1nc2ccccc2s1. The first-order valence-electron chi connectivity index (χ1n) is 20.4. The molecular formula is C50H40N4O4S6. The molecule has 0 spiro atoms. The number of ether oxygens (including phenoxy) is 2. The first kappa shape index (κ1) is 43.8. The number of carbonyl (C=O) groups is 2. The third-order valence-electron chi connectivity index (χ3n) is 10.1. The average molecular weight is 953 g/mol. The number of amides is 1. The third-order valence-corrected chi connectivity index (χ3v) is 17.6. The van der Waals surface area contributed by atoms with Crippen molar-refractivity contribution >= 4 is 112 Å². The number of para-hydroxylation sites is 3. The van der Waals surface area contributed by atoms with Crippen molar-refractivity contribution in [2.24, 2.45) is 5.41 Å². The summed E-state index contributed by atoms with van der Waals surface area (Å²) in [5, 5.41) is 5.65. The molecule has 0 bridgehead atoms. The monoisotopic (exact) mass is 952 g/mol. The number of carbonyl (C=O) groups excluding carboxylic acids is 2. The van der Waals surface area contributed by atoms with Crippen molar-refractivity contribution in [2.45, 2.75) is 14.7 Å². The number of thiazole rings is 3. The molecular weight excluding hydrogens is 913 g/mol. The molecule has 8 nitrogen and oxygen atoms in total. The molecule has 0 unspecified atom stereocenters. The number of rotatable bonds is 18. The number of benzene rings is 6. The van der Waals surface area contributed by atoms with Gasteiger partial charge in [0, 0.05) is 60.1 Å². The first-order valence-corrected chi connectivity index (χ1v) is 25.8. The van der Waals surface area contributed by atoms with E-state index in [-0.39, 0.29) is 19.8 Å². The van der Waals surface area contributed by atoms with E-state index < -0.39 is 17.5 Å². The Bertz CT molecular complexity index is 2700. The Morgan fingerprint density at radius 1 is 0.547 bits per heavy atom. The van der Waals surface area contributed by atoms with Gasteiger partial charge in [-0.2, -0.15) is 0 Å². The largest absolute Gasteiger partial charge is 0.461 e. The zero-order chi connectivity index (χ0) is 43.7. The summed E-state index contributed by atoms with van der Waals surface area (Å²) in [6.07, 6.45) is 0.511. The van der Waals surface area contributed by atoms with E-state index in [1.165, 1.54) is 0 Å². The summed E-state index contributed by atoms with van der Waals surface area (Å²) in [5.74, 6) is 1.30. The summed E-state index contributed by atoms with van der Waals surface area (Å²) in [4.78, 5) is 43.5. The number of thioether (sulfide) groups is 3. The number of aromatic nitrogens is 3. The van der Waals surface area contributed by atoms with Gasteiger partial charge < -0.3 is 14.8 Å². The Morgan fingerprint density at radius 2 is 0.922 bits per heavy atom. The van der Waals surface area contributed by atoms with Crippen molar-refractivity contribution < 1.29 is 19.1 Å². The molecule has 1 amide bonds. The van der Waals surface area contributed by atoms with Crippen molar-refractivity contribution in [1.29, 1.82) is 0 Å². The summed E-state index contributed by atoms with van der Waals surface area (Å²) in [5.41, 5.74) is 5.54. The fourth-order valence-electron chi connectivity index (χ4n) is 6.85. The molecule has 0 aliphatic rings. The van der Waals surface area contributed by atoms with Gasteiger partial charge in [-0.1, -0.05) is 97.6 Å². The summed E-state index contributed by atoms with van der Waals surface area (Å²) < 4.78 is 14.7. The minimum Gasteiger partial charge on any atom is -0.461 e. The number of nitrogens with zero attached hydrogens (tertiary/aromatic N) is 3. The molecule has 1 N–H and O–H groups in total. The van der Waals surface area contributed by atoms with Crippen LogP contribution in [0.1, 0.15) is 0 Å². The molecule has 0 radical (unpaired) electrons. The molecule has 0 saturated carbocycles. The summed E-state index contributed by atoms with van der Waals surface area (Å²) >= 11 is 10.3. The lowest BCUT2D eigenvalue weighted by Gasteiger charge is -2.33. The van der Waals surface area contributed by atoms with Crippen molar-refractivity contribution in [1.82, 2.24) is 20.3 Å². The van der Waals surface area contributed by atoms with Gasteiger partial charge in [0.05, 0.1) is 37.2 Å². The third kappa shape index (κ3) is 10.4. The van der Waals surface area contributed by atoms with Crippen LogP contribution in [0.2, 0.25) is 0 Å². The maximum atomic E-state index is 13.5. The van der Waals surface area contributed by atoms with Crippen molar-refractivity contribution in [2.75, 3.05) is 37.0 Å². The Morgan fingerprint density at radius 3 is 1.31 bits per heavy atom. The van der Waals surface area contributed by atoms with Crippen LogP contribution in [-0.4, -0.2) is 64.0 Å². The quantitative estimate of drug-likeness (QED) is 0.0387. The molecule has 0 fully saturated rings. The van der Waals surface area contributed by atoms with Gasteiger partial charge in [0.25, 0.3) is 0 Å². The molecule has 3 aromatic heterocycles. The molecule has 0 atom stereocenters. The molecule has 0 aliphatic carbocycles. The molecule has 6 aromatic carbocycles. The second kappa shape index (κ2) is 20.6. The molecule has 320 valence electrons. The highest BCUT2D eigenvalue weighted by molar-refractivity contribution is 8.01. The zero-order valence-corrected chi connectivity index (χ0v) is 39.2. The number of hydrogen-bond acceptors (Lipinski definition) is 13. The van der Waals surface area contributed by atoms with Crippen LogP contribution < -0.4 is 5.32 Å². The lowest BCUT2D eigenvalue weighted by atomic mass is 9.97. The second-order valence-corrected chi connectivity index (χ2v) is 20.8. The molecule has 14 heteroatoms. The van der Waals surface area contributed by atoms with E-state index in [0.717, 1.165) is 83.1 Å². The lowest BCUT2D eigenvalue weighted by Crippen LogP contribution is -2.39. The van der Waals surface area contributed by atoms with Gasteiger partial charge in [-0.3, -0.25) is 0 Å². The van der Waals surface area contributed by atoms with Crippen LogP contribution in [0.25, 0.3) is 62.4 Å². The predicted octanol–water partition coefficient (Wildman–Crippen LogP) is 13.6. The number of esters is 1. The Balaban J connectivity index is 1.07. The molecule has 9 aromatic rings. The topological polar surface area (TPSA) is 103 Å². The van der Waals surface area contributed by atoms with Crippen LogP contribution >= 0.6 is 69.3 Å². The number of nitrogens with one attached hydrogen (secondary N) is 1. The van der Waals surface area contributed by atoms with Crippen LogP contribution in [0.15, 0.2) is 173 Å². The van der Waals surface area contributed by atoms with Crippen LogP contribution in [0, 0.1) is 5.41 Å². The molecule has 3 heterocycles. The minimum absolute atomic E-state index is 0.000301. The van der Waals surface area contributed by atoms with Crippen LogP contribution in [-0.2, 0) is 14.3 Å². The fourth-order valence-corrected chi connectivity index (χ4v) is 14.2. The Kier molecular flexibility index (Phi) is 14.1. The number of hydrogen-bond donors (Lipinski definition) is 1. The maximum absolute atomic E-state index is 13.5. The van der Waals surface area contributed by atoms with Gasteiger partial charge >= 0.3 is 12.1 Å². The molecule has 64 heavy (non-hydrogen) atoms. The standard InChI is InChI=1S/C50H40N4O4S6/c1-2-45(55)57-28-27-51-49(56)58-29-50(30-59-39-21-9-3-15-33(39)46-52-36-18-6-12-24-42(36)62-46,31-60-40-22-10-4-16-34(40)47-53-37-19-7-13-25-43(37)63-47)32-61-41-23-11-5-17-35(41)48-54-38-20-8-14-26-44(38)64-48/h2-26H,1,27-32H2,(H,51,56). The van der Waals surface area contributed by atoms with Crippen molar-refractivity contribution in [3.63, 3.8) is 0 Å². The highest BCUT2D eigenvalue weighted by Crippen LogP contribution is 2.46. The van der Waals surface area contributed by atoms with Gasteiger partial charge in [0.2, 0.25) is 0 Å². The van der Waals surface area contributed by atoms with E-state index in [1.54, 1.807) is 69.3 Å². The van der Waals surface area contributed by atoms with Crippen molar-refractivity contribution in [3.05, 3.63) is 158 Å². The van der Waals surface area contributed by atoms with Gasteiger partial charge in [-0.05, 0) is 54.6 Å². The average Bonchev–Trinajstić information content (AvgIpc) is 4.10. The molecule has 0 saturated heterocycles. The minimum atomic E-state index is -0.589. The normalized spacial score (nSPS) is 11.6. The number of alkyl carbamates (subject to hydrolysis) is 1. The van der Waals surface area contributed by atoms with Gasteiger partial charge in [0.1, 0.15) is 28.2 Å². The molecule has 9 rings (SSSR count).